The minimum Gasteiger partial charge on any atom is -0.496 e. The summed E-state index contributed by atoms with van der Waals surface area (Å²) in [5.41, 5.74) is 4.36. The number of piperidine rings is 1. The number of hydrogen-bond acceptors (Lipinski definition) is 8. The molecule has 0 unspecified atom stereocenters. The number of unbranched alkanes of at least 4 members (excludes halogenated alkanes) is 2. The third kappa shape index (κ3) is 11.6. The molecule has 4 aromatic heterocycles. The van der Waals surface area contributed by atoms with Gasteiger partial charge in [0.15, 0.2) is 0 Å². The van der Waals surface area contributed by atoms with Crippen molar-refractivity contribution in [3.05, 3.63) is 126 Å². The molecule has 62 heavy (non-hydrogen) atoms. The van der Waals surface area contributed by atoms with Gasteiger partial charge in [-0.05, 0) is 93.1 Å². The molecule has 0 aliphatic carbocycles. The molecule has 14 heteroatoms. The van der Waals surface area contributed by atoms with Crippen molar-refractivity contribution in [2.24, 2.45) is 5.92 Å². The number of carbonyl (C=O) groups is 4. The first-order valence-corrected chi connectivity index (χ1v) is 21.8. The standard InChI is InChI=1S/C25H30N4O3.C23H27N5O2/c1-32-23-8-3-2-7-20(23)25(31)29-14-10-18(11-15-29)6-4-5-12-27-24(30)22-16-19-17-26-13-9-21(19)28-22;29-22(21-16-19-17-24-10-8-20(19)26-21)25-9-4-5-11-27-12-14-28(15-13-27)23(30)18-6-2-1-3-7-18/h2-3,7-9,13,16-18,28H,4-6,10-12,14-15H2,1H3,(H,27,30);1-3,6-8,10,16-17,26H,4-5,9,11-15H2,(H,25,29). The smallest absolute Gasteiger partial charge is 0.267 e. The zero-order valence-corrected chi connectivity index (χ0v) is 35.5. The van der Waals surface area contributed by atoms with Gasteiger partial charge in [0.2, 0.25) is 0 Å². The first-order chi connectivity index (χ1) is 30.4. The van der Waals surface area contributed by atoms with Crippen molar-refractivity contribution in [1.82, 2.24) is 45.3 Å². The maximum Gasteiger partial charge on any atom is 0.267 e. The first-order valence-electron chi connectivity index (χ1n) is 21.8. The first kappa shape index (κ1) is 43.5. The summed E-state index contributed by atoms with van der Waals surface area (Å²) in [5.74, 6) is 1.27. The second-order valence-corrected chi connectivity index (χ2v) is 15.9. The van der Waals surface area contributed by atoms with Crippen LogP contribution in [0.5, 0.6) is 5.75 Å². The number of likely N-dealkylation sites (tertiary alicyclic amines) is 1. The number of nitrogens with one attached hydrogen (secondary N) is 4. The van der Waals surface area contributed by atoms with Crippen LogP contribution in [-0.4, -0.2) is 124 Å². The topological polar surface area (TPSA) is 169 Å². The molecule has 0 spiro atoms. The number of methoxy groups -OCH3 is 1. The number of ether oxygens (including phenoxy) is 1. The monoisotopic (exact) mass is 839 g/mol. The van der Waals surface area contributed by atoms with E-state index in [4.69, 9.17) is 4.74 Å². The number of para-hydroxylation sites is 1. The number of aromatic amines is 2. The van der Waals surface area contributed by atoms with Gasteiger partial charge >= 0.3 is 0 Å². The maximum atomic E-state index is 12.8. The quantitative estimate of drug-likeness (QED) is 0.0845. The van der Waals surface area contributed by atoms with Crippen LogP contribution in [0.4, 0.5) is 0 Å². The zero-order valence-electron chi connectivity index (χ0n) is 35.5. The average Bonchev–Trinajstić information content (AvgIpc) is 3.97. The van der Waals surface area contributed by atoms with E-state index in [-0.39, 0.29) is 23.6 Å². The fourth-order valence-electron chi connectivity index (χ4n) is 8.16. The number of piperazine rings is 1. The van der Waals surface area contributed by atoms with Crippen LogP contribution in [-0.2, 0) is 0 Å². The minimum absolute atomic E-state index is 0.0522. The Labute approximate surface area is 362 Å². The number of hydrogen-bond donors (Lipinski definition) is 4. The van der Waals surface area contributed by atoms with Crippen LogP contribution in [0.1, 0.15) is 86.6 Å². The van der Waals surface area contributed by atoms with Crippen LogP contribution in [0, 0.1) is 5.92 Å². The van der Waals surface area contributed by atoms with Crippen molar-refractivity contribution in [2.75, 3.05) is 66.0 Å². The Kier molecular flexibility index (Phi) is 15.3. The summed E-state index contributed by atoms with van der Waals surface area (Å²) >= 11 is 0. The van der Waals surface area contributed by atoms with Crippen molar-refractivity contribution < 1.29 is 23.9 Å². The van der Waals surface area contributed by atoms with Crippen LogP contribution >= 0.6 is 0 Å². The van der Waals surface area contributed by atoms with Crippen LogP contribution in [0.3, 0.4) is 0 Å². The Bertz CT molecular complexity index is 2330. The van der Waals surface area contributed by atoms with Crippen LogP contribution < -0.4 is 15.4 Å². The molecule has 2 aliphatic heterocycles. The molecule has 4 N–H and O–H groups in total. The summed E-state index contributed by atoms with van der Waals surface area (Å²) in [7, 11) is 1.60. The van der Waals surface area contributed by atoms with E-state index in [1.807, 2.05) is 88.7 Å². The Morgan fingerprint density at radius 3 is 1.82 bits per heavy atom. The van der Waals surface area contributed by atoms with Crippen molar-refractivity contribution >= 4 is 45.4 Å². The third-order valence-corrected chi connectivity index (χ3v) is 11.8. The molecule has 14 nitrogen and oxygen atoms in total. The molecular formula is C48H57N9O5. The number of rotatable bonds is 15. The highest BCUT2D eigenvalue weighted by molar-refractivity contribution is 5.99. The van der Waals surface area contributed by atoms with E-state index in [9.17, 15) is 19.2 Å². The Balaban J connectivity index is 0.000000187. The highest BCUT2D eigenvalue weighted by Crippen LogP contribution is 2.26. The van der Waals surface area contributed by atoms with Gasteiger partial charge in [-0.1, -0.05) is 43.2 Å². The lowest BCUT2D eigenvalue weighted by Gasteiger charge is -2.34. The molecular weight excluding hydrogens is 783 g/mol. The van der Waals surface area contributed by atoms with E-state index >= 15 is 0 Å². The molecule has 4 amide bonds. The molecule has 2 saturated heterocycles. The van der Waals surface area contributed by atoms with E-state index in [1.165, 1.54) is 0 Å². The predicted molar refractivity (Wildman–Crippen MR) is 240 cm³/mol. The fourth-order valence-corrected chi connectivity index (χ4v) is 8.16. The molecule has 2 aromatic carbocycles. The molecule has 0 bridgehead atoms. The van der Waals surface area contributed by atoms with Gasteiger partial charge in [0.1, 0.15) is 17.1 Å². The summed E-state index contributed by atoms with van der Waals surface area (Å²) in [6, 6.07) is 24.3. The van der Waals surface area contributed by atoms with Gasteiger partial charge in [0.05, 0.1) is 12.7 Å². The summed E-state index contributed by atoms with van der Waals surface area (Å²) in [6.45, 7) is 7.19. The van der Waals surface area contributed by atoms with Gasteiger partial charge in [0, 0.05) is 105 Å². The summed E-state index contributed by atoms with van der Waals surface area (Å²) in [4.78, 5) is 70.6. The number of fused-ring (bicyclic) bond motifs is 2. The molecule has 0 radical (unpaired) electrons. The number of carbonyl (C=O) groups excluding carboxylic acids is 4. The minimum atomic E-state index is -0.0840. The van der Waals surface area contributed by atoms with Gasteiger partial charge < -0.3 is 35.1 Å². The Hall–Kier alpha value is -6.54. The second kappa shape index (κ2) is 21.8. The van der Waals surface area contributed by atoms with Crippen molar-refractivity contribution in [1.29, 1.82) is 0 Å². The number of amides is 4. The highest BCUT2D eigenvalue weighted by Gasteiger charge is 2.25. The van der Waals surface area contributed by atoms with Crippen molar-refractivity contribution in [3.63, 3.8) is 0 Å². The van der Waals surface area contributed by atoms with Crippen LogP contribution in [0.25, 0.3) is 21.8 Å². The number of benzene rings is 2. The van der Waals surface area contributed by atoms with Crippen molar-refractivity contribution in [3.8, 4) is 5.75 Å². The lowest BCUT2D eigenvalue weighted by atomic mass is 9.91. The lowest BCUT2D eigenvalue weighted by molar-refractivity contribution is 0.0634. The lowest BCUT2D eigenvalue weighted by Crippen LogP contribution is -2.48. The largest absolute Gasteiger partial charge is 0.496 e. The molecule has 2 fully saturated rings. The Morgan fingerprint density at radius 2 is 1.23 bits per heavy atom. The molecule has 8 rings (SSSR count). The van der Waals surface area contributed by atoms with Crippen molar-refractivity contribution in [2.45, 2.75) is 44.9 Å². The molecule has 6 heterocycles. The third-order valence-electron chi connectivity index (χ3n) is 11.8. The molecule has 6 aromatic rings. The van der Waals surface area contributed by atoms with Gasteiger partial charge in [-0.25, -0.2) is 0 Å². The Morgan fingerprint density at radius 1 is 0.661 bits per heavy atom. The van der Waals surface area contributed by atoms with E-state index in [0.717, 1.165) is 118 Å². The fraction of sp³-hybridized carbons (Fsp3) is 0.375. The van der Waals surface area contributed by atoms with E-state index in [2.05, 4.69) is 35.5 Å². The predicted octanol–water partition coefficient (Wildman–Crippen LogP) is 6.55. The number of aromatic nitrogens is 4. The summed E-state index contributed by atoms with van der Waals surface area (Å²) in [5, 5.41) is 7.84. The van der Waals surface area contributed by atoms with Gasteiger partial charge in [-0.3, -0.25) is 34.0 Å². The highest BCUT2D eigenvalue weighted by atomic mass is 16.5. The van der Waals surface area contributed by atoms with E-state index in [1.54, 1.807) is 31.9 Å². The SMILES string of the molecule is COc1ccccc1C(=O)N1CCC(CCCCNC(=O)c2cc3cnccc3[nH]2)CC1.O=C(NCCCCN1CCN(C(=O)c2ccccc2)CC1)c1cc2cnccc2[nH]1. The van der Waals surface area contributed by atoms with Gasteiger partial charge in [-0.15, -0.1) is 0 Å². The molecule has 2 aliphatic rings. The van der Waals surface area contributed by atoms with Crippen LogP contribution in [0.2, 0.25) is 0 Å². The maximum absolute atomic E-state index is 12.8. The van der Waals surface area contributed by atoms with E-state index in [0.29, 0.717) is 41.7 Å². The van der Waals surface area contributed by atoms with Crippen LogP contribution in [0.15, 0.2) is 104 Å². The molecule has 0 atom stereocenters. The van der Waals surface area contributed by atoms with E-state index < -0.39 is 0 Å². The zero-order chi connectivity index (χ0) is 43.1. The summed E-state index contributed by atoms with van der Waals surface area (Å²) in [6.07, 6.45) is 14.1. The average molecular weight is 840 g/mol. The normalized spacial score (nSPS) is 14.6. The molecule has 324 valence electrons. The number of pyridine rings is 2. The number of H-pyrrole nitrogens is 2. The van der Waals surface area contributed by atoms with Gasteiger partial charge in [-0.2, -0.15) is 0 Å². The number of nitrogens with zero attached hydrogens (tertiary/aromatic N) is 5. The summed E-state index contributed by atoms with van der Waals surface area (Å²) < 4.78 is 5.33. The molecule has 0 saturated carbocycles. The second-order valence-electron chi connectivity index (χ2n) is 15.9. The van der Waals surface area contributed by atoms with Gasteiger partial charge in [0.25, 0.3) is 23.6 Å².